The van der Waals surface area contributed by atoms with Crippen molar-refractivity contribution < 1.29 is 23.9 Å². The molecule has 0 amide bonds. The molecule has 11 heteroatoms. The van der Waals surface area contributed by atoms with E-state index < -0.39 is 10.9 Å². The molecule has 1 aliphatic rings. The molecule has 1 aliphatic heterocycles. The SMILES string of the molecule is CCOc1cc(/C=C2\N=C(c3ccc(Cl)c([N+](=O)[O-])c3)OC2=O)cc(Cl)c1OCc1cccc(Br)c1. The second-order valence-electron chi connectivity index (χ2n) is 7.44. The minimum absolute atomic E-state index is 0.0103. The summed E-state index contributed by atoms with van der Waals surface area (Å²) in [5.41, 5.74) is 1.37. The topological polar surface area (TPSA) is 100 Å². The van der Waals surface area contributed by atoms with E-state index in [-0.39, 0.29) is 39.5 Å². The Labute approximate surface area is 224 Å². The molecule has 0 atom stereocenters. The van der Waals surface area contributed by atoms with Crippen LogP contribution in [0.1, 0.15) is 23.6 Å². The molecule has 1 heterocycles. The zero-order chi connectivity index (χ0) is 25.8. The zero-order valence-electron chi connectivity index (χ0n) is 18.7. The quantitative estimate of drug-likeness (QED) is 0.121. The lowest BCUT2D eigenvalue weighted by molar-refractivity contribution is -0.384. The Kier molecular flexibility index (Phi) is 7.93. The van der Waals surface area contributed by atoms with Crippen LogP contribution >= 0.6 is 39.1 Å². The maximum Gasteiger partial charge on any atom is 0.363 e. The van der Waals surface area contributed by atoms with Gasteiger partial charge in [0.05, 0.1) is 16.6 Å². The van der Waals surface area contributed by atoms with E-state index in [1.165, 1.54) is 24.3 Å². The van der Waals surface area contributed by atoms with Crippen LogP contribution in [-0.2, 0) is 16.1 Å². The number of aliphatic imine (C=N–C) groups is 1. The number of esters is 1. The highest BCUT2D eigenvalue weighted by atomic mass is 79.9. The van der Waals surface area contributed by atoms with E-state index in [9.17, 15) is 14.9 Å². The number of carbonyl (C=O) groups is 1. The largest absolute Gasteiger partial charge is 0.490 e. The number of nitro groups is 1. The fourth-order valence-corrected chi connectivity index (χ4v) is 4.24. The predicted octanol–water partition coefficient (Wildman–Crippen LogP) is 6.99. The number of nitro benzene ring substituents is 1. The highest BCUT2D eigenvalue weighted by molar-refractivity contribution is 9.10. The van der Waals surface area contributed by atoms with Crippen molar-refractivity contribution in [3.63, 3.8) is 0 Å². The van der Waals surface area contributed by atoms with Gasteiger partial charge < -0.3 is 14.2 Å². The first-order valence-electron chi connectivity index (χ1n) is 10.6. The average molecular weight is 592 g/mol. The summed E-state index contributed by atoms with van der Waals surface area (Å²) in [5.74, 6) is -0.0224. The highest BCUT2D eigenvalue weighted by Crippen LogP contribution is 2.38. The lowest BCUT2D eigenvalue weighted by Crippen LogP contribution is -2.06. The highest BCUT2D eigenvalue weighted by Gasteiger charge is 2.26. The van der Waals surface area contributed by atoms with E-state index >= 15 is 0 Å². The summed E-state index contributed by atoms with van der Waals surface area (Å²) >= 11 is 15.8. The minimum atomic E-state index is -0.716. The number of hydrogen-bond acceptors (Lipinski definition) is 7. The van der Waals surface area contributed by atoms with E-state index in [2.05, 4.69) is 20.9 Å². The van der Waals surface area contributed by atoms with Crippen molar-refractivity contribution in [2.75, 3.05) is 6.61 Å². The van der Waals surface area contributed by atoms with Gasteiger partial charge in [0.2, 0.25) is 5.90 Å². The molecule has 0 saturated heterocycles. The van der Waals surface area contributed by atoms with Crippen LogP contribution in [-0.4, -0.2) is 23.4 Å². The first-order valence-corrected chi connectivity index (χ1v) is 12.1. The van der Waals surface area contributed by atoms with E-state index in [0.29, 0.717) is 23.7 Å². The van der Waals surface area contributed by atoms with Crippen molar-refractivity contribution in [3.05, 3.63) is 102 Å². The molecule has 3 aromatic rings. The number of rotatable bonds is 8. The Morgan fingerprint density at radius 2 is 1.92 bits per heavy atom. The molecule has 0 bridgehead atoms. The summed E-state index contributed by atoms with van der Waals surface area (Å²) in [6.07, 6.45) is 1.48. The summed E-state index contributed by atoms with van der Waals surface area (Å²) in [4.78, 5) is 27.2. The fraction of sp³-hybridized carbons (Fsp3) is 0.120. The third kappa shape index (κ3) is 5.87. The Morgan fingerprint density at radius 1 is 1.11 bits per heavy atom. The van der Waals surface area contributed by atoms with Crippen LogP contribution in [0.25, 0.3) is 6.08 Å². The lowest BCUT2D eigenvalue weighted by Gasteiger charge is -2.14. The maximum atomic E-state index is 12.4. The number of hydrogen-bond donors (Lipinski definition) is 0. The van der Waals surface area contributed by atoms with Crippen LogP contribution < -0.4 is 9.47 Å². The van der Waals surface area contributed by atoms with Gasteiger partial charge in [0, 0.05) is 16.1 Å². The number of nitrogens with zero attached hydrogens (tertiary/aromatic N) is 2. The first kappa shape index (κ1) is 25.7. The van der Waals surface area contributed by atoms with Crippen molar-refractivity contribution in [3.8, 4) is 11.5 Å². The van der Waals surface area contributed by atoms with Crippen LogP contribution in [0.3, 0.4) is 0 Å². The number of ether oxygens (including phenoxy) is 3. The summed E-state index contributed by atoms with van der Waals surface area (Å²) in [7, 11) is 0. The smallest absolute Gasteiger partial charge is 0.363 e. The number of halogens is 3. The molecule has 0 spiro atoms. The number of carbonyl (C=O) groups excluding carboxylic acids is 1. The fourth-order valence-electron chi connectivity index (χ4n) is 3.33. The van der Waals surface area contributed by atoms with Crippen LogP contribution in [0, 0.1) is 10.1 Å². The van der Waals surface area contributed by atoms with Crippen molar-refractivity contribution in [1.82, 2.24) is 0 Å². The second kappa shape index (κ2) is 11.1. The van der Waals surface area contributed by atoms with Crippen LogP contribution in [0.2, 0.25) is 10.0 Å². The molecule has 0 unspecified atom stereocenters. The van der Waals surface area contributed by atoms with Gasteiger partial charge in [0.15, 0.2) is 17.2 Å². The molecule has 0 fully saturated rings. The summed E-state index contributed by atoms with van der Waals surface area (Å²) in [6.45, 7) is 2.46. The van der Waals surface area contributed by atoms with E-state index in [1.54, 1.807) is 12.1 Å². The van der Waals surface area contributed by atoms with Gasteiger partial charge >= 0.3 is 5.97 Å². The van der Waals surface area contributed by atoms with Gasteiger partial charge in [-0.2, -0.15) is 0 Å². The normalized spacial score (nSPS) is 13.9. The van der Waals surface area contributed by atoms with E-state index in [1.807, 2.05) is 31.2 Å². The minimum Gasteiger partial charge on any atom is -0.490 e. The Morgan fingerprint density at radius 3 is 2.64 bits per heavy atom. The molecule has 0 N–H and O–H groups in total. The standard InChI is InChI=1S/C25H17BrCl2N2O6/c1-2-34-22-11-15(9-19(28)23(22)35-13-14-4-3-5-17(26)8-14)10-20-25(31)36-24(29-20)16-6-7-18(27)21(12-16)30(32)33/h3-12H,2,13H2,1H3/b20-10-. The van der Waals surface area contributed by atoms with E-state index in [0.717, 1.165) is 10.0 Å². The first-order chi connectivity index (χ1) is 17.2. The molecular formula is C25H17BrCl2N2O6. The van der Waals surface area contributed by atoms with Gasteiger partial charge in [-0.05, 0) is 60.5 Å². The molecule has 0 saturated carbocycles. The van der Waals surface area contributed by atoms with Gasteiger partial charge in [-0.25, -0.2) is 9.79 Å². The van der Waals surface area contributed by atoms with Crippen molar-refractivity contribution in [2.24, 2.45) is 4.99 Å². The third-order valence-corrected chi connectivity index (χ3v) is 6.01. The molecule has 0 aliphatic carbocycles. The predicted molar refractivity (Wildman–Crippen MR) is 140 cm³/mol. The Hall–Kier alpha value is -3.40. The molecular weight excluding hydrogens is 575 g/mol. The Balaban J connectivity index is 1.63. The van der Waals surface area contributed by atoms with Crippen LogP contribution in [0.5, 0.6) is 11.5 Å². The second-order valence-corrected chi connectivity index (χ2v) is 9.17. The summed E-state index contributed by atoms with van der Waals surface area (Å²) < 4.78 is 17.8. The molecule has 184 valence electrons. The molecule has 3 aromatic carbocycles. The van der Waals surface area contributed by atoms with Crippen molar-refractivity contribution >= 4 is 62.8 Å². The van der Waals surface area contributed by atoms with Crippen molar-refractivity contribution in [2.45, 2.75) is 13.5 Å². The molecule has 36 heavy (non-hydrogen) atoms. The molecule has 0 radical (unpaired) electrons. The maximum absolute atomic E-state index is 12.4. The lowest BCUT2D eigenvalue weighted by atomic mass is 10.1. The third-order valence-electron chi connectivity index (χ3n) is 4.92. The zero-order valence-corrected chi connectivity index (χ0v) is 21.8. The molecule has 4 rings (SSSR count). The summed E-state index contributed by atoms with van der Waals surface area (Å²) in [5, 5.41) is 11.4. The monoisotopic (exact) mass is 590 g/mol. The van der Waals surface area contributed by atoms with Crippen LogP contribution in [0.15, 0.2) is 69.8 Å². The van der Waals surface area contributed by atoms with Crippen molar-refractivity contribution in [1.29, 1.82) is 0 Å². The van der Waals surface area contributed by atoms with Gasteiger partial charge in [0.25, 0.3) is 5.69 Å². The van der Waals surface area contributed by atoms with Gasteiger partial charge in [-0.15, -0.1) is 0 Å². The average Bonchev–Trinajstić information content (AvgIpc) is 3.19. The Bertz CT molecular complexity index is 1420. The van der Waals surface area contributed by atoms with Gasteiger partial charge in [-0.1, -0.05) is 51.3 Å². The van der Waals surface area contributed by atoms with Gasteiger partial charge in [0.1, 0.15) is 11.6 Å². The number of benzene rings is 3. The molecule has 8 nitrogen and oxygen atoms in total. The number of cyclic esters (lactones) is 1. The van der Waals surface area contributed by atoms with Crippen LogP contribution in [0.4, 0.5) is 5.69 Å². The van der Waals surface area contributed by atoms with Gasteiger partial charge in [-0.3, -0.25) is 10.1 Å². The molecule has 0 aromatic heterocycles. The van der Waals surface area contributed by atoms with E-state index in [4.69, 9.17) is 37.4 Å². The summed E-state index contributed by atoms with van der Waals surface area (Å²) in [6, 6.07) is 15.0.